The Morgan fingerprint density at radius 1 is 1.29 bits per heavy atom. The van der Waals surface area contributed by atoms with E-state index in [-0.39, 0.29) is 5.92 Å². The van der Waals surface area contributed by atoms with Crippen LogP contribution in [0.1, 0.15) is 30.7 Å². The summed E-state index contributed by atoms with van der Waals surface area (Å²) in [5.41, 5.74) is 1.19. The zero-order valence-electron chi connectivity index (χ0n) is 12.2. The van der Waals surface area contributed by atoms with E-state index < -0.39 is 0 Å². The number of piperazine rings is 1. The number of amides is 1. The van der Waals surface area contributed by atoms with E-state index in [1.165, 1.54) is 6.42 Å². The van der Waals surface area contributed by atoms with Gasteiger partial charge in [-0.15, -0.1) is 0 Å². The molecule has 6 heteroatoms. The molecule has 0 atom stereocenters. The summed E-state index contributed by atoms with van der Waals surface area (Å²) in [6, 6.07) is 3.74. The summed E-state index contributed by atoms with van der Waals surface area (Å²) < 4.78 is 0. The fourth-order valence-corrected chi connectivity index (χ4v) is 2.79. The Morgan fingerprint density at radius 2 is 2.00 bits per heavy atom. The molecule has 1 saturated carbocycles. The SMILES string of the molecule is Cc1cc(C#N)nc(N2CCN(C(=O)C3CCC3)CC2)n1. The van der Waals surface area contributed by atoms with Crippen molar-refractivity contribution in [3.05, 3.63) is 17.5 Å². The number of nitriles is 1. The Bertz CT molecular complexity index is 582. The molecule has 1 aromatic heterocycles. The van der Waals surface area contributed by atoms with Gasteiger partial charge in [0, 0.05) is 37.8 Å². The third-order valence-corrected chi connectivity index (χ3v) is 4.29. The molecular weight excluding hydrogens is 266 g/mol. The second kappa shape index (κ2) is 5.68. The second-order valence-electron chi connectivity index (χ2n) is 5.75. The van der Waals surface area contributed by atoms with Gasteiger partial charge in [0.2, 0.25) is 11.9 Å². The number of anilines is 1. The van der Waals surface area contributed by atoms with Gasteiger partial charge in [0.05, 0.1) is 0 Å². The van der Waals surface area contributed by atoms with E-state index in [0.29, 0.717) is 30.6 Å². The van der Waals surface area contributed by atoms with E-state index >= 15 is 0 Å². The molecule has 2 fully saturated rings. The molecule has 110 valence electrons. The van der Waals surface area contributed by atoms with Crippen LogP contribution in [-0.2, 0) is 4.79 Å². The number of hydrogen-bond donors (Lipinski definition) is 0. The topological polar surface area (TPSA) is 73.1 Å². The lowest BCUT2D eigenvalue weighted by Crippen LogP contribution is -2.51. The highest BCUT2D eigenvalue weighted by Crippen LogP contribution is 2.28. The van der Waals surface area contributed by atoms with Gasteiger partial charge >= 0.3 is 0 Å². The lowest BCUT2D eigenvalue weighted by molar-refractivity contribution is -0.138. The molecule has 1 amide bonds. The molecule has 0 radical (unpaired) electrons. The molecule has 0 spiro atoms. The molecule has 1 aliphatic carbocycles. The van der Waals surface area contributed by atoms with E-state index in [4.69, 9.17) is 5.26 Å². The molecule has 1 saturated heterocycles. The molecule has 3 rings (SSSR count). The third-order valence-electron chi connectivity index (χ3n) is 4.29. The summed E-state index contributed by atoms with van der Waals surface area (Å²) in [6.45, 7) is 4.75. The molecule has 21 heavy (non-hydrogen) atoms. The average Bonchev–Trinajstić information content (AvgIpc) is 2.45. The van der Waals surface area contributed by atoms with E-state index in [0.717, 1.165) is 31.6 Å². The van der Waals surface area contributed by atoms with Gasteiger partial charge < -0.3 is 9.80 Å². The highest BCUT2D eigenvalue weighted by molar-refractivity contribution is 5.79. The fraction of sp³-hybridized carbons (Fsp3) is 0.600. The number of carbonyl (C=O) groups excluding carboxylic acids is 1. The van der Waals surface area contributed by atoms with Crippen molar-refractivity contribution in [1.29, 1.82) is 5.26 Å². The molecule has 1 aliphatic heterocycles. The van der Waals surface area contributed by atoms with Crippen LogP contribution in [0.5, 0.6) is 0 Å². The summed E-state index contributed by atoms with van der Waals surface area (Å²) in [5.74, 6) is 1.17. The quantitative estimate of drug-likeness (QED) is 0.813. The van der Waals surface area contributed by atoms with Gasteiger partial charge in [-0.3, -0.25) is 4.79 Å². The first kappa shape index (κ1) is 13.8. The van der Waals surface area contributed by atoms with Crippen molar-refractivity contribution in [3.63, 3.8) is 0 Å². The number of rotatable bonds is 2. The summed E-state index contributed by atoms with van der Waals surface area (Å²) in [6.07, 6.45) is 3.28. The van der Waals surface area contributed by atoms with Crippen molar-refractivity contribution >= 4 is 11.9 Å². The maximum absolute atomic E-state index is 12.2. The van der Waals surface area contributed by atoms with Crippen LogP contribution in [0.2, 0.25) is 0 Å². The normalized spacial score (nSPS) is 19.0. The first-order valence-electron chi connectivity index (χ1n) is 7.47. The number of aromatic nitrogens is 2. The van der Waals surface area contributed by atoms with Crippen molar-refractivity contribution in [1.82, 2.24) is 14.9 Å². The lowest BCUT2D eigenvalue weighted by Gasteiger charge is -2.38. The largest absolute Gasteiger partial charge is 0.339 e. The van der Waals surface area contributed by atoms with Crippen LogP contribution in [0.15, 0.2) is 6.07 Å². The zero-order valence-corrected chi connectivity index (χ0v) is 12.2. The van der Waals surface area contributed by atoms with Gasteiger partial charge in [-0.1, -0.05) is 6.42 Å². The smallest absolute Gasteiger partial charge is 0.226 e. The molecule has 0 aromatic carbocycles. The van der Waals surface area contributed by atoms with Crippen LogP contribution in [0.4, 0.5) is 5.95 Å². The number of carbonyl (C=O) groups is 1. The molecule has 2 aliphatic rings. The molecule has 1 aromatic rings. The maximum Gasteiger partial charge on any atom is 0.226 e. The minimum atomic E-state index is 0.261. The second-order valence-corrected chi connectivity index (χ2v) is 5.75. The Balaban J connectivity index is 1.64. The van der Waals surface area contributed by atoms with Crippen LogP contribution in [0, 0.1) is 24.2 Å². The lowest BCUT2D eigenvalue weighted by atomic mass is 9.84. The monoisotopic (exact) mass is 285 g/mol. The number of aryl methyl sites for hydroxylation is 1. The Kier molecular flexibility index (Phi) is 3.74. The van der Waals surface area contributed by atoms with E-state index in [2.05, 4.69) is 20.9 Å². The summed E-state index contributed by atoms with van der Waals surface area (Å²) >= 11 is 0. The van der Waals surface area contributed by atoms with Crippen LogP contribution >= 0.6 is 0 Å². The van der Waals surface area contributed by atoms with Gasteiger partial charge in [0.1, 0.15) is 11.8 Å². The Labute approximate surface area is 124 Å². The van der Waals surface area contributed by atoms with Crippen LogP contribution in [0.3, 0.4) is 0 Å². The predicted molar refractivity (Wildman–Crippen MR) is 77.6 cm³/mol. The van der Waals surface area contributed by atoms with Gasteiger partial charge in [0.15, 0.2) is 0 Å². The first-order chi connectivity index (χ1) is 10.2. The summed E-state index contributed by atoms with van der Waals surface area (Å²) in [7, 11) is 0. The van der Waals surface area contributed by atoms with Gasteiger partial charge in [-0.25, -0.2) is 9.97 Å². The molecule has 2 heterocycles. The highest BCUT2D eigenvalue weighted by Gasteiger charge is 2.31. The maximum atomic E-state index is 12.2. The molecule has 0 bridgehead atoms. The summed E-state index contributed by atoms with van der Waals surface area (Å²) in [5, 5.41) is 8.98. The molecule has 0 N–H and O–H groups in total. The zero-order chi connectivity index (χ0) is 14.8. The minimum Gasteiger partial charge on any atom is -0.339 e. The average molecular weight is 285 g/mol. The third kappa shape index (κ3) is 2.82. The number of nitrogens with zero attached hydrogens (tertiary/aromatic N) is 5. The molecular formula is C15H19N5O. The van der Waals surface area contributed by atoms with Crippen LogP contribution in [0.25, 0.3) is 0 Å². The van der Waals surface area contributed by atoms with Crippen LogP contribution in [-0.4, -0.2) is 47.0 Å². The Hall–Kier alpha value is -2.16. The minimum absolute atomic E-state index is 0.261. The predicted octanol–water partition coefficient (Wildman–Crippen LogP) is 1.11. The van der Waals surface area contributed by atoms with Gasteiger partial charge in [-0.05, 0) is 25.8 Å². The van der Waals surface area contributed by atoms with E-state index in [1.54, 1.807) is 6.07 Å². The van der Waals surface area contributed by atoms with Gasteiger partial charge in [-0.2, -0.15) is 5.26 Å². The number of hydrogen-bond acceptors (Lipinski definition) is 5. The molecule has 0 unspecified atom stereocenters. The van der Waals surface area contributed by atoms with Gasteiger partial charge in [0.25, 0.3) is 0 Å². The van der Waals surface area contributed by atoms with E-state index in [1.807, 2.05) is 11.8 Å². The standard InChI is InChI=1S/C15H19N5O/c1-11-9-13(10-16)18-15(17-11)20-7-5-19(6-8-20)14(21)12-3-2-4-12/h9,12H,2-8H2,1H3. The molecule has 6 nitrogen and oxygen atoms in total. The highest BCUT2D eigenvalue weighted by atomic mass is 16.2. The van der Waals surface area contributed by atoms with Crippen molar-refractivity contribution < 1.29 is 4.79 Å². The Morgan fingerprint density at radius 3 is 2.57 bits per heavy atom. The summed E-state index contributed by atoms with van der Waals surface area (Å²) in [4.78, 5) is 24.9. The van der Waals surface area contributed by atoms with Crippen molar-refractivity contribution in [2.24, 2.45) is 5.92 Å². The van der Waals surface area contributed by atoms with Crippen molar-refractivity contribution in [3.8, 4) is 6.07 Å². The van der Waals surface area contributed by atoms with E-state index in [9.17, 15) is 4.79 Å². The first-order valence-corrected chi connectivity index (χ1v) is 7.47. The fourth-order valence-electron chi connectivity index (χ4n) is 2.79. The van der Waals surface area contributed by atoms with Crippen molar-refractivity contribution in [2.75, 3.05) is 31.1 Å². The van der Waals surface area contributed by atoms with Crippen molar-refractivity contribution in [2.45, 2.75) is 26.2 Å². The van der Waals surface area contributed by atoms with Crippen LogP contribution < -0.4 is 4.90 Å².